The van der Waals surface area contributed by atoms with E-state index in [1.807, 2.05) is 6.92 Å². The van der Waals surface area contributed by atoms with Crippen molar-refractivity contribution >= 4 is 5.97 Å². The van der Waals surface area contributed by atoms with Crippen molar-refractivity contribution in [3.63, 3.8) is 0 Å². The Morgan fingerprint density at radius 3 is 2.93 bits per heavy atom. The van der Waals surface area contributed by atoms with Gasteiger partial charge in [0.1, 0.15) is 17.6 Å². The minimum absolute atomic E-state index is 0.0232. The fourth-order valence-corrected chi connectivity index (χ4v) is 1.68. The highest BCUT2D eigenvalue weighted by Gasteiger charge is 2.25. The zero-order valence-electron chi connectivity index (χ0n) is 7.65. The summed E-state index contributed by atoms with van der Waals surface area (Å²) >= 11 is 0. The minimum Gasteiger partial charge on any atom is -0.508 e. The first-order valence-electron chi connectivity index (χ1n) is 4.34. The van der Waals surface area contributed by atoms with Crippen LogP contribution in [-0.4, -0.2) is 22.3 Å². The maximum absolute atomic E-state index is 10.9. The Labute approximate surface area is 80.7 Å². The second kappa shape index (κ2) is 2.90. The molecule has 0 radical (unpaired) electrons. The summed E-state index contributed by atoms with van der Waals surface area (Å²) in [5.41, 5.74) is 0.798. The summed E-state index contributed by atoms with van der Waals surface area (Å²) in [6, 6.07) is 2.70. The van der Waals surface area contributed by atoms with Crippen LogP contribution in [-0.2, 0) is 6.42 Å². The molecule has 0 fully saturated rings. The maximum atomic E-state index is 10.9. The number of carboxylic acids is 1. The van der Waals surface area contributed by atoms with Gasteiger partial charge in [-0.15, -0.1) is 0 Å². The van der Waals surface area contributed by atoms with Crippen molar-refractivity contribution < 1.29 is 19.7 Å². The van der Waals surface area contributed by atoms with Gasteiger partial charge in [-0.2, -0.15) is 0 Å². The molecule has 74 valence electrons. The lowest BCUT2D eigenvalue weighted by Crippen LogP contribution is -2.06. The lowest BCUT2D eigenvalue weighted by atomic mass is 10.0. The molecule has 4 heteroatoms. The summed E-state index contributed by atoms with van der Waals surface area (Å²) in [6.07, 6.45) is 0.557. The van der Waals surface area contributed by atoms with Gasteiger partial charge in [-0.1, -0.05) is 0 Å². The Balaban J connectivity index is 2.57. The number of benzene rings is 1. The number of aromatic carboxylic acids is 1. The van der Waals surface area contributed by atoms with E-state index < -0.39 is 5.97 Å². The van der Waals surface area contributed by atoms with Gasteiger partial charge in [0, 0.05) is 18.1 Å². The minimum atomic E-state index is -1.03. The third kappa shape index (κ3) is 1.28. The lowest BCUT2D eigenvalue weighted by molar-refractivity contribution is 0.0695. The quantitative estimate of drug-likeness (QED) is 0.709. The van der Waals surface area contributed by atoms with Crippen LogP contribution in [0.25, 0.3) is 0 Å². The molecule has 0 aliphatic carbocycles. The summed E-state index contributed by atoms with van der Waals surface area (Å²) in [7, 11) is 0. The third-order valence-corrected chi connectivity index (χ3v) is 2.24. The summed E-state index contributed by atoms with van der Waals surface area (Å²) in [5, 5.41) is 18.2. The highest BCUT2D eigenvalue weighted by atomic mass is 16.5. The number of aromatic hydroxyl groups is 1. The molecule has 1 unspecified atom stereocenters. The molecule has 1 heterocycles. The predicted molar refractivity (Wildman–Crippen MR) is 48.9 cm³/mol. The van der Waals surface area contributed by atoms with Crippen molar-refractivity contribution in [2.75, 3.05) is 0 Å². The number of phenols is 1. The number of carbonyl (C=O) groups is 1. The van der Waals surface area contributed by atoms with Crippen molar-refractivity contribution in [1.29, 1.82) is 0 Å². The normalized spacial score (nSPS) is 18.8. The number of ether oxygens (including phenoxy) is 1. The molecule has 1 aliphatic heterocycles. The molecule has 1 aliphatic rings. The van der Waals surface area contributed by atoms with E-state index in [9.17, 15) is 9.90 Å². The van der Waals surface area contributed by atoms with Gasteiger partial charge in [-0.25, -0.2) is 4.79 Å². The van der Waals surface area contributed by atoms with Crippen molar-refractivity contribution in [2.45, 2.75) is 19.4 Å². The molecule has 2 N–H and O–H groups in total. The molecule has 1 aromatic rings. The first kappa shape index (κ1) is 8.87. The Kier molecular flexibility index (Phi) is 1.84. The van der Waals surface area contributed by atoms with E-state index in [0.29, 0.717) is 17.7 Å². The van der Waals surface area contributed by atoms with Crippen LogP contribution in [0, 0.1) is 0 Å². The topological polar surface area (TPSA) is 66.8 Å². The zero-order chi connectivity index (χ0) is 10.3. The van der Waals surface area contributed by atoms with Crippen LogP contribution in [0.4, 0.5) is 0 Å². The van der Waals surface area contributed by atoms with Crippen LogP contribution >= 0.6 is 0 Å². The number of hydrogen-bond acceptors (Lipinski definition) is 3. The van der Waals surface area contributed by atoms with Crippen LogP contribution in [0.15, 0.2) is 12.1 Å². The van der Waals surface area contributed by atoms with E-state index in [1.165, 1.54) is 12.1 Å². The monoisotopic (exact) mass is 194 g/mol. The first-order chi connectivity index (χ1) is 6.58. The van der Waals surface area contributed by atoms with Crippen molar-refractivity contribution in [2.24, 2.45) is 0 Å². The van der Waals surface area contributed by atoms with Crippen LogP contribution in [0.5, 0.6) is 11.5 Å². The summed E-state index contributed by atoms with van der Waals surface area (Å²) in [5.74, 6) is -0.625. The predicted octanol–water partition coefficient (Wildman–Crippen LogP) is 1.41. The van der Waals surface area contributed by atoms with Gasteiger partial charge in [0.2, 0.25) is 0 Å². The summed E-state index contributed by atoms with van der Waals surface area (Å²) in [6.45, 7) is 1.86. The molecule has 0 aromatic heterocycles. The summed E-state index contributed by atoms with van der Waals surface area (Å²) < 4.78 is 5.36. The SMILES string of the molecule is CC1Cc2c(cc(O)cc2C(=O)O)O1. The zero-order valence-corrected chi connectivity index (χ0v) is 7.65. The van der Waals surface area contributed by atoms with Crippen molar-refractivity contribution in [3.05, 3.63) is 23.3 Å². The number of carboxylic acid groups (broad SMARTS) is 1. The molecule has 0 saturated heterocycles. The van der Waals surface area contributed by atoms with E-state index in [2.05, 4.69) is 0 Å². The molecule has 1 atom stereocenters. The number of phenolic OH excluding ortho intramolecular Hbond substituents is 1. The van der Waals surface area contributed by atoms with Gasteiger partial charge in [0.15, 0.2) is 0 Å². The largest absolute Gasteiger partial charge is 0.508 e. The fourth-order valence-electron chi connectivity index (χ4n) is 1.68. The Morgan fingerprint density at radius 1 is 1.57 bits per heavy atom. The van der Waals surface area contributed by atoms with Crippen LogP contribution in [0.1, 0.15) is 22.8 Å². The molecule has 14 heavy (non-hydrogen) atoms. The molecular weight excluding hydrogens is 184 g/mol. The van der Waals surface area contributed by atoms with Gasteiger partial charge >= 0.3 is 5.97 Å². The molecule has 0 bridgehead atoms. The highest BCUT2D eigenvalue weighted by molar-refractivity contribution is 5.91. The van der Waals surface area contributed by atoms with E-state index in [0.717, 1.165) is 0 Å². The molecule has 0 saturated carbocycles. The molecule has 2 rings (SSSR count). The molecular formula is C10H10O4. The molecule has 0 amide bonds. The van der Waals surface area contributed by atoms with Crippen molar-refractivity contribution in [1.82, 2.24) is 0 Å². The standard InChI is InChI=1S/C10H10O4/c1-5-2-7-8(10(12)13)3-6(11)4-9(7)14-5/h3-5,11H,2H2,1H3,(H,12,13). The number of hydrogen-bond donors (Lipinski definition) is 2. The van der Waals surface area contributed by atoms with E-state index in [-0.39, 0.29) is 17.4 Å². The second-order valence-corrected chi connectivity index (χ2v) is 3.41. The molecule has 4 nitrogen and oxygen atoms in total. The number of rotatable bonds is 1. The molecule has 0 spiro atoms. The third-order valence-electron chi connectivity index (χ3n) is 2.24. The Hall–Kier alpha value is -1.71. The van der Waals surface area contributed by atoms with E-state index in [1.54, 1.807) is 0 Å². The van der Waals surface area contributed by atoms with E-state index >= 15 is 0 Å². The Morgan fingerprint density at radius 2 is 2.29 bits per heavy atom. The van der Waals surface area contributed by atoms with Gasteiger partial charge in [-0.05, 0) is 13.0 Å². The molecule has 1 aromatic carbocycles. The van der Waals surface area contributed by atoms with Crippen molar-refractivity contribution in [3.8, 4) is 11.5 Å². The lowest BCUT2D eigenvalue weighted by Gasteiger charge is -2.03. The van der Waals surface area contributed by atoms with Crippen LogP contribution in [0.3, 0.4) is 0 Å². The average molecular weight is 194 g/mol. The maximum Gasteiger partial charge on any atom is 0.336 e. The van der Waals surface area contributed by atoms with Crippen LogP contribution < -0.4 is 4.74 Å². The highest BCUT2D eigenvalue weighted by Crippen LogP contribution is 2.35. The second-order valence-electron chi connectivity index (χ2n) is 3.41. The first-order valence-corrected chi connectivity index (χ1v) is 4.34. The van der Waals surface area contributed by atoms with Gasteiger partial charge < -0.3 is 14.9 Å². The van der Waals surface area contributed by atoms with E-state index in [4.69, 9.17) is 9.84 Å². The summed E-state index contributed by atoms with van der Waals surface area (Å²) in [4.78, 5) is 10.9. The Bertz CT molecular complexity index is 397. The number of fused-ring (bicyclic) bond motifs is 1. The van der Waals surface area contributed by atoms with Gasteiger partial charge in [0.25, 0.3) is 0 Å². The van der Waals surface area contributed by atoms with Crippen LogP contribution in [0.2, 0.25) is 0 Å². The fraction of sp³-hybridized carbons (Fsp3) is 0.300. The van der Waals surface area contributed by atoms with Gasteiger partial charge in [-0.3, -0.25) is 0 Å². The van der Waals surface area contributed by atoms with Gasteiger partial charge in [0.05, 0.1) is 5.56 Å². The smallest absolute Gasteiger partial charge is 0.336 e. The average Bonchev–Trinajstić information content (AvgIpc) is 2.42.